The van der Waals surface area contributed by atoms with Crippen molar-refractivity contribution in [2.75, 3.05) is 27.2 Å². The molecule has 1 aliphatic carbocycles. The van der Waals surface area contributed by atoms with Gasteiger partial charge in [-0.2, -0.15) is 5.10 Å². The average molecular weight is 428 g/mol. The summed E-state index contributed by atoms with van der Waals surface area (Å²) in [6.07, 6.45) is 7.65. The highest BCUT2D eigenvalue weighted by atomic mass is 16.1. The van der Waals surface area contributed by atoms with Gasteiger partial charge in [-0.25, -0.2) is 4.98 Å². The van der Waals surface area contributed by atoms with E-state index >= 15 is 0 Å². The average Bonchev–Trinajstić information content (AvgIpc) is 3.14. The molecule has 1 aliphatic rings. The molecule has 0 atom stereocenters. The fraction of sp³-hybridized carbons (Fsp3) is 0.346. The van der Waals surface area contributed by atoms with Crippen LogP contribution < -0.4 is 5.32 Å². The Morgan fingerprint density at radius 1 is 1.03 bits per heavy atom. The van der Waals surface area contributed by atoms with E-state index in [4.69, 9.17) is 4.98 Å². The number of rotatable bonds is 5. The van der Waals surface area contributed by atoms with Crippen LogP contribution in [0.25, 0.3) is 33.1 Å². The third-order valence-corrected chi connectivity index (χ3v) is 6.40. The Morgan fingerprint density at radius 2 is 1.81 bits per heavy atom. The Kier molecular flexibility index (Phi) is 5.62. The summed E-state index contributed by atoms with van der Waals surface area (Å²) in [5.41, 5.74) is 7.65. The van der Waals surface area contributed by atoms with Crippen LogP contribution in [0, 0.1) is 0 Å². The number of amides is 1. The maximum absolute atomic E-state index is 12.5. The highest BCUT2D eigenvalue weighted by Crippen LogP contribution is 2.37. The van der Waals surface area contributed by atoms with Gasteiger partial charge in [0, 0.05) is 35.0 Å². The Labute approximate surface area is 188 Å². The van der Waals surface area contributed by atoms with Gasteiger partial charge in [-0.05, 0) is 75.2 Å². The number of aromatic nitrogens is 3. The van der Waals surface area contributed by atoms with Crippen molar-refractivity contribution in [3.05, 3.63) is 59.3 Å². The Hall–Kier alpha value is -3.25. The van der Waals surface area contributed by atoms with Crippen LogP contribution in [0.1, 0.15) is 40.7 Å². The van der Waals surface area contributed by atoms with Gasteiger partial charge in [-0.15, -0.1) is 0 Å². The van der Waals surface area contributed by atoms with Crippen molar-refractivity contribution in [3.8, 4) is 11.3 Å². The van der Waals surface area contributed by atoms with E-state index in [0.29, 0.717) is 12.1 Å². The molecular formula is C26H29N5O. The number of aryl methyl sites for hydroxylation is 1. The minimum atomic E-state index is -0.0361. The lowest BCUT2D eigenvalue weighted by Crippen LogP contribution is -2.31. The molecule has 4 aromatic rings. The molecule has 32 heavy (non-hydrogen) atoms. The molecule has 0 spiro atoms. The second-order valence-corrected chi connectivity index (χ2v) is 8.91. The van der Waals surface area contributed by atoms with E-state index in [0.717, 1.165) is 47.1 Å². The fourth-order valence-corrected chi connectivity index (χ4v) is 4.74. The van der Waals surface area contributed by atoms with Crippen molar-refractivity contribution in [1.29, 1.82) is 0 Å². The van der Waals surface area contributed by atoms with Gasteiger partial charge in [0.05, 0.1) is 22.9 Å². The molecule has 6 heteroatoms. The molecule has 2 heterocycles. The number of fused-ring (bicyclic) bond motifs is 5. The van der Waals surface area contributed by atoms with Crippen molar-refractivity contribution < 1.29 is 4.79 Å². The zero-order valence-electron chi connectivity index (χ0n) is 18.7. The van der Waals surface area contributed by atoms with Crippen LogP contribution in [-0.4, -0.2) is 53.2 Å². The fourth-order valence-electron chi connectivity index (χ4n) is 4.74. The van der Waals surface area contributed by atoms with Crippen molar-refractivity contribution in [2.24, 2.45) is 0 Å². The van der Waals surface area contributed by atoms with Crippen LogP contribution in [0.5, 0.6) is 0 Å². The second-order valence-electron chi connectivity index (χ2n) is 8.91. The number of hydrogen-bond donors (Lipinski definition) is 2. The minimum absolute atomic E-state index is 0.0361. The quantitative estimate of drug-likeness (QED) is 0.465. The third-order valence-electron chi connectivity index (χ3n) is 6.40. The van der Waals surface area contributed by atoms with Crippen molar-refractivity contribution in [1.82, 2.24) is 25.4 Å². The van der Waals surface area contributed by atoms with Gasteiger partial charge in [0.2, 0.25) is 0 Å². The summed E-state index contributed by atoms with van der Waals surface area (Å²) in [5, 5.41) is 12.7. The van der Waals surface area contributed by atoms with Crippen molar-refractivity contribution in [3.63, 3.8) is 0 Å². The van der Waals surface area contributed by atoms with Gasteiger partial charge in [0.25, 0.3) is 5.91 Å². The number of H-pyrrole nitrogens is 1. The Bertz CT molecular complexity index is 1270. The minimum Gasteiger partial charge on any atom is -0.351 e. The van der Waals surface area contributed by atoms with Crippen LogP contribution in [-0.2, 0) is 12.8 Å². The van der Waals surface area contributed by atoms with Crippen LogP contribution in [0.15, 0.2) is 42.6 Å². The number of likely N-dealkylation sites (N-methyl/N-ethyl adjacent to an activating group) is 1. The van der Waals surface area contributed by atoms with E-state index in [2.05, 4.69) is 32.5 Å². The van der Waals surface area contributed by atoms with E-state index in [1.165, 1.54) is 35.8 Å². The topological polar surface area (TPSA) is 73.9 Å². The molecular weight excluding hydrogens is 398 g/mol. The van der Waals surface area contributed by atoms with E-state index in [1.807, 2.05) is 44.6 Å². The smallest absolute Gasteiger partial charge is 0.251 e. The molecule has 0 saturated carbocycles. The first-order valence-electron chi connectivity index (χ1n) is 11.4. The summed E-state index contributed by atoms with van der Waals surface area (Å²) in [6, 6.07) is 12.1. The predicted octanol–water partition coefficient (Wildman–Crippen LogP) is 4.34. The molecule has 6 nitrogen and oxygen atoms in total. The van der Waals surface area contributed by atoms with Crippen LogP contribution in [0.2, 0.25) is 0 Å². The summed E-state index contributed by atoms with van der Waals surface area (Å²) in [6.45, 7) is 1.46. The normalized spacial score (nSPS) is 14.0. The molecule has 2 aromatic heterocycles. The highest BCUT2D eigenvalue weighted by Gasteiger charge is 2.20. The number of carbonyl (C=O) groups excluding carboxylic acids is 1. The second kappa shape index (κ2) is 8.71. The first kappa shape index (κ1) is 20.6. The van der Waals surface area contributed by atoms with Gasteiger partial charge in [-0.3, -0.25) is 9.89 Å². The SMILES string of the molecule is CN(C)CCNC(=O)c1ccc(-c2nc3ccc4[nH]ncc4c3c3c2CCCCC3)cc1. The number of aromatic amines is 1. The molecule has 0 aliphatic heterocycles. The number of nitrogens with zero attached hydrogens (tertiary/aromatic N) is 3. The van der Waals surface area contributed by atoms with Crippen LogP contribution in [0.4, 0.5) is 0 Å². The highest BCUT2D eigenvalue weighted by molar-refractivity contribution is 6.07. The van der Waals surface area contributed by atoms with E-state index < -0.39 is 0 Å². The first-order chi connectivity index (χ1) is 15.6. The first-order valence-corrected chi connectivity index (χ1v) is 11.4. The van der Waals surface area contributed by atoms with Gasteiger partial charge in [0.15, 0.2) is 0 Å². The third kappa shape index (κ3) is 3.86. The number of pyridine rings is 1. The van der Waals surface area contributed by atoms with Gasteiger partial charge >= 0.3 is 0 Å². The van der Waals surface area contributed by atoms with E-state index in [-0.39, 0.29) is 5.91 Å². The summed E-state index contributed by atoms with van der Waals surface area (Å²) >= 11 is 0. The molecule has 0 saturated heterocycles. The molecule has 5 rings (SSSR count). The number of hydrogen-bond acceptors (Lipinski definition) is 4. The maximum atomic E-state index is 12.5. The standard InChI is InChI=1S/C26H29N5O/c1-31(2)15-14-27-26(32)18-10-8-17(9-11-18)25-20-7-5-3-4-6-19(20)24-21-16-28-30-22(21)12-13-23(24)29-25/h8-13,16H,3-7,14-15H2,1-2H3,(H,27,32)(H,28,30). The zero-order valence-corrected chi connectivity index (χ0v) is 18.7. The summed E-state index contributed by atoms with van der Waals surface area (Å²) in [4.78, 5) is 19.7. The molecule has 164 valence electrons. The molecule has 0 unspecified atom stereocenters. The van der Waals surface area contributed by atoms with Crippen LogP contribution in [0.3, 0.4) is 0 Å². The predicted molar refractivity (Wildman–Crippen MR) is 129 cm³/mol. The Balaban J connectivity index is 1.55. The molecule has 0 fully saturated rings. The maximum Gasteiger partial charge on any atom is 0.251 e. The molecule has 2 aromatic carbocycles. The zero-order chi connectivity index (χ0) is 22.1. The van der Waals surface area contributed by atoms with E-state index in [9.17, 15) is 4.79 Å². The number of nitrogens with one attached hydrogen (secondary N) is 2. The summed E-state index contributed by atoms with van der Waals surface area (Å²) in [7, 11) is 4.00. The monoisotopic (exact) mass is 427 g/mol. The largest absolute Gasteiger partial charge is 0.351 e. The summed E-state index contributed by atoms with van der Waals surface area (Å²) in [5.74, 6) is -0.0361. The van der Waals surface area contributed by atoms with Gasteiger partial charge in [-0.1, -0.05) is 18.6 Å². The Morgan fingerprint density at radius 3 is 2.59 bits per heavy atom. The van der Waals surface area contributed by atoms with Gasteiger partial charge < -0.3 is 10.2 Å². The summed E-state index contributed by atoms with van der Waals surface area (Å²) < 4.78 is 0. The van der Waals surface area contributed by atoms with Crippen molar-refractivity contribution in [2.45, 2.75) is 32.1 Å². The number of benzene rings is 2. The molecule has 0 bridgehead atoms. The molecule has 0 radical (unpaired) electrons. The lowest BCUT2D eigenvalue weighted by Gasteiger charge is -2.16. The van der Waals surface area contributed by atoms with Crippen molar-refractivity contribution >= 4 is 27.7 Å². The lowest BCUT2D eigenvalue weighted by molar-refractivity contribution is 0.0951. The van der Waals surface area contributed by atoms with E-state index in [1.54, 1.807) is 0 Å². The lowest BCUT2D eigenvalue weighted by atomic mass is 9.92. The molecule has 1 amide bonds. The number of carbonyl (C=O) groups is 1. The van der Waals surface area contributed by atoms with Crippen LogP contribution >= 0.6 is 0 Å². The molecule has 2 N–H and O–H groups in total. The van der Waals surface area contributed by atoms with Gasteiger partial charge in [0.1, 0.15) is 0 Å².